The molecule has 0 atom stereocenters. The maximum absolute atomic E-state index is 14.0. The number of para-hydroxylation sites is 1. The Bertz CT molecular complexity index is 1170. The molecule has 1 N–H and O–H groups in total. The molecule has 1 saturated heterocycles. The van der Waals surface area contributed by atoms with Crippen LogP contribution in [0.3, 0.4) is 0 Å². The van der Waals surface area contributed by atoms with Gasteiger partial charge in [-0.05, 0) is 36.4 Å². The van der Waals surface area contributed by atoms with E-state index in [0.717, 1.165) is 31.8 Å². The zero-order valence-corrected chi connectivity index (χ0v) is 19.6. The van der Waals surface area contributed by atoms with Crippen molar-refractivity contribution in [3.05, 3.63) is 75.8 Å². The summed E-state index contributed by atoms with van der Waals surface area (Å²) in [5.41, 5.74) is 1.45. The van der Waals surface area contributed by atoms with E-state index in [1.807, 2.05) is 0 Å². The largest absolute Gasteiger partial charge is 0.492 e. The standard InChI is InChI=1S/C25H22Cl2F2N2O3/c26-21-13-17(30-25-22(28)2-1-3-23(25)29)4-5-19(21)20-14-18(12-16(15-32)24(20)27)34-11-8-31-6-9-33-10-7-31/h1-5,12-15,30H,6-11H2. The van der Waals surface area contributed by atoms with E-state index in [1.165, 1.54) is 12.1 Å². The first-order chi connectivity index (χ1) is 16.5. The first-order valence-electron chi connectivity index (χ1n) is 10.7. The summed E-state index contributed by atoms with van der Waals surface area (Å²) in [7, 11) is 0. The van der Waals surface area contributed by atoms with Gasteiger partial charge in [-0.15, -0.1) is 0 Å². The molecule has 0 aromatic heterocycles. The van der Waals surface area contributed by atoms with Crippen LogP contribution >= 0.6 is 23.2 Å². The highest BCUT2D eigenvalue weighted by Crippen LogP contribution is 2.39. The molecule has 0 amide bonds. The van der Waals surface area contributed by atoms with Crippen LogP contribution in [0.1, 0.15) is 10.4 Å². The van der Waals surface area contributed by atoms with Crippen LogP contribution in [0, 0.1) is 11.6 Å². The summed E-state index contributed by atoms with van der Waals surface area (Å²) in [6.45, 7) is 4.26. The minimum Gasteiger partial charge on any atom is -0.492 e. The molecule has 5 nitrogen and oxygen atoms in total. The second-order valence-electron chi connectivity index (χ2n) is 7.71. The van der Waals surface area contributed by atoms with E-state index in [4.69, 9.17) is 32.7 Å². The van der Waals surface area contributed by atoms with Gasteiger partial charge in [-0.3, -0.25) is 9.69 Å². The Hall–Kier alpha value is -2.71. The van der Waals surface area contributed by atoms with Gasteiger partial charge in [-0.2, -0.15) is 0 Å². The van der Waals surface area contributed by atoms with Crippen molar-refractivity contribution in [2.75, 3.05) is 44.8 Å². The van der Waals surface area contributed by atoms with E-state index in [9.17, 15) is 13.6 Å². The van der Waals surface area contributed by atoms with Crippen molar-refractivity contribution in [1.82, 2.24) is 4.90 Å². The van der Waals surface area contributed by atoms with Gasteiger partial charge in [-0.1, -0.05) is 35.3 Å². The summed E-state index contributed by atoms with van der Waals surface area (Å²) in [6.07, 6.45) is 0.658. The third-order valence-electron chi connectivity index (χ3n) is 5.47. The molecule has 4 rings (SSSR count). The molecule has 1 fully saturated rings. The number of benzene rings is 3. The molecule has 1 heterocycles. The molecular weight excluding hydrogens is 485 g/mol. The highest BCUT2D eigenvalue weighted by atomic mass is 35.5. The third-order valence-corrected chi connectivity index (χ3v) is 6.21. The highest BCUT2D eigenvalue weighted by Gasteiger charge is 2.16. The molecule has 1 aliphatic heterocycles. The van der Waals surface area contributed by atoms with Gasteiger partial charge in [0.25, 0.3) is 0 Å². The Balaban J connectivity index is 1.56. The Morgan fingerprint density at radius 3 is 2.44 bits per heavy atom. The SMILES string of the molecule is O=Cc1cc(OCCN2CCOCC2)cc(-c2ccc(Nc3c(F)cccc3F)cc2Cl)c1Cl. The molecule has 0 radical (unpaired) electrons. The molecule has 178 valence electrons. The van der Waals surface area contributed by atoms with Crippen LogP contribution in [-0.4, -0.2) is 50.6 Å². The number of hydrogen-bond donors (Lipinski definition) is 1. The lowest BCUT2D eigenvalue weighted by atomic mass is 10.0. The van der Waals surface area contributed by atoms with Crippen LogP contribution in [0.25, 0.3) is 11.1 Å². The minimum atomic E-state index is -0.721. The van der Waals surface area contributed by atoms with Crippen LogP contribution in [0.4, 0.5) is 20.2 Å². The first kappa shape index (κ1) is 24.4. The zero-order chi connectivity index (χ0) is 24.1. The van der Waals surface area contributed by atoms with E-state index < -0.39 is 11.6 Å². The molecule has 0 spiro atoms. The van der Waals surface area contributed by atoms with E-state index in [1.54, 1.807) is 24.3 Å². The molecule has 0 saturated carbocycles. The summed E-state index contributed by atoms with van der Waals surface area (Å²) in [6, 6.07) is 11.7. The van der Waals surface area contributed by atoms with E-state index in [-0.39, 0.29) is 21.3 Å². The van der Waals surface area contributed by atoms with Crippen molar-refractivity contribution in [3.63, 3.8) is 0 Å². The molecule has 1 aliphatic rings. The van der Waals surface area contributed by atoms with Crippen LogP contribution in [-0.2, 0) is 4.74 Å². The summed E-state index contributed by atoms with van der Waals surface area (Å²) in [5.74, 6) is -0.956. The second-order valence-corrected chi connectivity index (χ2v) is 8.50. The van der Waals surface area contributed by atoms with Gasteiger partial charge in [0.05, 0.1) is 23.3 Å². The number of ether oxygens (including phenoxy) is 2. The Kier molecular flexibility index (Phi) is 8.00. The molecule has 0 aliphatic carbocycles. The highest BCUT2D eigenvalue weighted by molar-refractivity contribution is 6.38. The number of aldehydes is 1. The first-order valence-corrected chi connectivity index (χ1v) is 11.4. The fraction of sp³-hybridized carbons (Fsp3) is 0.240. The lowest BCUT2D eigenvalue weighted by Gasteiger charge is -2.26. The third kappa shape index (κ3) is 5.67. The molecule has 0 unspecified atom stereocenters. The van der Waals surface area contributed by atoms with Gasteiger partial charge in [0.15, 0.2) is 6.29 Å². The maximum Gasteiger partial charge on any atom is 0.151 e. The number of nitrogens with zero attached hydrogens (tertiary/aromatic N) is 1. The van der Waals surface area contributed by atoms with Crippen molar-refractivity contribution in [2.24, 2.45) is 0 Å². The van der Waals surface area contributed by atoms with Crippen LogP contribution in [0.5, 0.6) is 5.75 Å². The normalized spacial score (nSPS) is 14.1. The molecule has 34 heavy (non-hydrogen) atoms. The predicted molar refractivity (Wildman–Crippen MR) is 130 cm³/mol. The topological polar surface area (TPSA) is 50.8 Å². The van der Waals surface area contributed by atoms with Gasteiger partial charge < -0.3 is 14.8 Å². The number of anilines is 2. The summed E-state index contributed by atoms with van der Waals surface area (Å²) in [5, 5.41) is 3.22. The lowest BCUT2D eigenvalue weighted by Crippen LogP contribution is -2.38. The Morgan fingerprint density at radius 2 is 1.76 bits per heavy atom. The average molecular weight is 507 g/mol. The molecule has 3 aromatic rings. The van der Waals surface area contributed by atoms with E-state index in [2.05, 4.69) is 10.2 Å². The summed E-state index contributed by atoms with van der Waals surface area (Å²) < 4.78 is 39.2. The average Bonchev–Trinajstić information content (AvgIpc) is 2.83. The van der Waals surface area contributed by atoms with Crippen molar-refractivity contribution in [1.29, 1.82) is 0 Å². The Labute approximate surface area is 206 Å². The monoisotopic (exact) mass is 506 g/mol. The Morgan fingerprint density at radius 1 is 1.03 bits per heavy atom. The number of rotatable bonds is 8. The van der Waals surface area contributed by atoms with Crippen molar-refractivity contribution >= 4 is 40.9 Å². The second kappa shape index (κ2) is 11.1. The van der Waals surface area contributed by atoms with Gasteiger partial charge in [0.1, 0.15) is 29.7 Å². The lowest BCUT2D eigenvalue weighted by molar-refractivity contribution is 0.0322. The summed E-state index contributed by atoms with van der Waals surface area (Å²) in [4.78, 5) is 13.9. The minimum absolute atomic E-state index is 0.235. The number of halogens is 4. The van der Waals surface area contributed by atoms with Crippen LogP contribution in [0.15, 0.2) is 48.5 Å². The quantitative estimate of drug-likeness (QED) is 0.368. The maximum atomic E-state index is 14.0. The number of hydrogen-bond acceptors (Lipinski definition) is 5. The number of nitrogens with one attached hydrogen (secondary N) is 1. The summed E-state index contributed by atoms with van der Waals surface area (Å²) >= 11 is 13.0. The number of carbonyl (C=O) groups excluding carboxylic acids is 1. The molecule has 9 heteroatoms. The predicted octanol–water partition coefficient (Wildman–Crippen LogP) is 6.21. The van der Waals surface area contributed by atoms with Gasteiger partial charge in [-0.25, -0.2) is 8.78 Å². The van der Waals surface area contributed by atoms with Crippen LogP contribution in [0.2, 0.25) is 10.0 Å². The fourth-order valence-electron chi connectivity index (χ4n) is 3.67. The van der Waals surface area contributed by atoms with E-state index >= 15 is 0 Å². The smallest absolute Gasteiger partial charge is 0.151 e. The fourth-order valence-corrected chi connectivity index (χ4v) is 4.21. The van der Waals surface area contributed by atoms with Crippen molar-refractivity contribution in [2.45, 2.75) is 0 Å². The van der Waals surface area contributed by atoms with Gasteiger partial charge in [0.2, 0.25) is 0 Å². The number of morpholine rings is 1. The molecular formula is C25H22Cl2F2N2O3. The molecule has 0 bridgehead atoms. The van der Waals surface area contributed by atoms with Crippen molar-refractivity contribution in [3.8, 4) is 16.9 Å². The molecule has 3 aromatic carbocycles. The zero-order valence-electron chi connectivity index (χ0n) is 18.1. The van der Waals surface area contributed by atoms with E-state index in [0.29, 0.717) is 48.7 Å². The van der Waals surface area contributed by atoms with Crippen LogP contribution < -0.4 is 10.1 Å². The van der Waals surface area contributed by atoms with Crippen molar-refractivity contribution < 1.29 is 23.0 Å². The van der Waals surface area contributed by atoms with Gasteiger partial charge in [0, 0.05) is 42.0 Å². The number of carbonyl (C=O) groups is 1. The van der Waals surface area contributed by atoms with Gasteiger partial charge >= 0.3 is 0 Å².